The van der Waals surface area contributed by atoms with Crippen LogP contribution in [0.1, 0.15) is 20.1 Å². The van der Waals surface area contributed by atoms with Crippen LogP contribution in [-0.4, -0.2) is 67.0 Å². The quantitative estimate of drug-likeness (QED) is 0.304. The number of amides is 1. The number of ether oxygens (including phenoxy) is 1. The van der Waals surface area contributed by atoms with Crippen LogP contribution in [-0.2, 0) is 13.1 Å². The zero-order valence-electron chi connectivity index (χ0n) is 20.1. The Morgan fingerprint density at radius 1 is 0.971 bits per heavy atom. The molecule has 4 aromatic rings. The molecule has 5 nitrogen and oxygen atoms in total. The molecular weight excluding hydrogens is 474 g/mol. The molecule has 3 heterocycles. The number of benzene rings is 2. The lowest BCUT2D eigenvalue weighted by Gasteiger charge is -2.34. The molecule has 0 aliphatic carbocycles. The molecule has 7 heteroatoms. The van der Waals surface area contributed by atoms with Crippen molar-refractivity contribution in [3.63, 3.8) is 0 Å². The van der Waals surface area contributed by atoms with E-state index in [1.54, 1.807) is 0 Å². The second-order valence-corrected chi connectivity index (χ2v) is 11.1. The highest BCUT2D eigenvalue weighted by Crippen LogP contribution is 2.26. The van der Waals surface area contributed by atoms with E-state index in [9.17, 15) is 4.79 Å². The van der Waals surface area contributed by atoms with Gasteiger partial charge in [-0.25, -0.2) is 0 Å². The van der Waals surface area contributed by atoms with Gasteiger partial charge in [-0.1, -0.05) is 36.4 Å². The van der Waals surface area contributed by atoms with E-state index in [-0.39, 0.29) is 5.91 Å². The zero-order chi connectivity index (χ0) is 24.0. The minimum absolute atomic E-state index is 0.158. The average molecular weight is 506 g/mol. The summed E-state index contributed by atoms with van der Waals surface area (Å²) in [5, 5.41) is 3.29. The normalized spacial score (nSPS) is 14.6. The summed E-state index contributed by atoms with van der Waals surface area (Å²) in [6.45, 7) is 6.73. The monoisotopic (exact) mass is 505 g/mol. The van der Waals surface area contributed by atoms with E-state index in [0.29, 0.717) is 6.61 Å². The van der Waals surface area contributed by atoms with Gasteiger partial charge in [0.2, 0.25) is 0 Å². The van der Waals surface area contributed by atoms with Crippen molar-refractivity contribution in [3.05, 3.63) is 87.4 Å². The number of fused-ring (bicyclic) bond motifs is 1. The highest BCUT2D eigenvalue weighted by molar-refractivity contribution is 7.19. The van der Waals surface area contributed by atoms with Crippen molar-refractivity contribution < 1.29 is 9.53 Å². The van der Waals surface area contributed by atoms with Crippen LogP contribution in [0.2, 0.25) is 0 Å². The molecular formula is C28H31N3O2S2. The largest absolute Gasteiger partial charge is 0.492 e. The maximum Gasteiger partial charge on any atom is 0.264 e. The van der Waals surface area contributed by atoms with Gasteiger partial charge in [0.05, 0.1) is 4.88 Å². The summed E-state index contributed by atoms with van der Waals surface area (Å²) in [5.41, 5.74) is 1.28. The lowest BCUT2D eigenvalue weighted by Crippen LogP contribution is -2.49. The molecule has 1 amide bonds. The first-order chi connectivity index (χ1) is 17.1. The molecule has 2 aromatic heterocycles. The Hall–Kier alpha value is -2.71. The van der Waals surface area contributed by atoms with Gasteiger partial charge in [-0.15, -0.1) is 22.7 Å². The zero-order valence-corrected chi connectivity index (χ0v) is 21.7. The fourth-order valence-corrected chi connectivity index (χ4v) is 6.30. The Labute approximate surface area is 215 Å². The van der Waals surface area contributed by atoms with Crippen molar-refractivity contribution in [2.45, 2.75) is 13.1 Å². The molecule has 182 valence electrons. The number of hydrogen-bond acceptors (Lipinski definition) is 6. The fourth-order valence-electron chi connectivity index (χ4n) is 4.46. The van der Waals surface area contributed by atoms with Crippen LogP contribution in [0.15, 0.2) is 72.1 Å². The van der Waals surface area contributed by atoms with E-state index in [2.05, 4.69) is 71.4 Å². The van der Waals surface area contributed by atoms with Gasteiger partial charge in [0.25, 0.3) is 5.91 Å². The van der Waals surface area contributed by atoms with Gasteiger partial charge in [-0.3, -0.25) is 14.6 Å². The van der Waals surface area contributed by atoms with Crippen LogP contribution < -0.4 is 4.74 Å². The number of piperazine rings is 1. The van der Waals surface area contributed by atoms with E-state index >= 15 is 0 Å². The molecule has 1 fully saturated rings. The van der Waals surface area contributed by atoms with E-state index in [1.807, 2.05) is 33.7 Å². The summed E-state index contributed by atoms with van der Waals surface area (Å²) in [4.78, 5) is 21.4. The molecule has 0 radical (unpaired) electrons. The second-order valence-electron chi connectivity index (χ2n) is 9.03. The highest BCUT2D eigenvalue weighted by atomic mass is 32.1. The SMILES string of the molecule is CN(Cc1ccc(OCCN2CCN(C(=O)c3cccs3)CC2)cc1)Cc1cc2ccccc2s1. The van der Waals surface area contributed by atoms with Gasteiger partial charge in [-0.2, -0.15) is 0 Å². The molecule has 1 aliphatic heterocycles. The summed E-state index contributed by atoms with van der Waals surface area (Å²) in [6, 6.07) is 23.2. The first-order valence-electron chi connectivity index (χ1n) is 12.1. The van der Waals surface area contributed by atoms with E-state index in [0.717, 1.165) is 56.4 Å². The van der Waals surface area contributed by atoms with Crippen LogP contribution in [0, 0.1) is 0 Å². The molecule has 2 aromatic carbocycles. The van der Waals surface area contributed by atoms with Crippen molar-refractivity contribution in [2.75, 3.05) is 46.4 Å². The second kappa shape index (κ2) is 11.4. The van der Waals surface area contributed by atoms with Crippen molar-refractivity contribution in [1.82, 2.24) is 14.7 Å². The first kappa shape index (κ1) is 24.0. The lowest BCUT2D eigenvalue weighted by molar-refractivity contribution is 0.0625. The van der Waals surface area contributed by atoms with Gasteiger partial charge in [0.1, 0.15) is 12.4 Å². The smallest absolute Gasteiger partial charge is 0.264 e. The fraction of sp³-hybridized carbons (Fsp3) is 0.321. The number of nitrogens with zero attached hydrogens (tertiary/aromatic N) is 3. The van der Waals surface area contributed by atoms with Crippen LogP contribution >= 0.6 is 22.7 Å². The molecule has 35 heavy (non-hydrogen) atoms. The molecule has 1 saturated heterocycles. The summed E-state index contributed by atoms with van der Waals surface area (Å²) in [6.07, 6.45) is 0. The average Bonchev–Trinajstić information content (AvgIpc) is 3.55. The summed E-state index contributed by atoms with van der Waals surface area (Å²) < 4.78 is 7.35. The Kier molecular flexibility index (Phi) is 7.79. The molecule has 5 rings (SSSR count). The van der Waals surface area contributed by atoms with Crippen LogP contribution in [0.4, 0.5) is 0 Å². The highest BCUT2D eigenvalue weighted by Gasteiger charge is 2.22. The van der Waals surface area contributed by atoms with Crippen LogP contribution in [0.3, 0.4) is 0 Å². The number of carbonyl (C=O) groups excluding carboxylic acids is 1. The Bertz CT molecular complexity index is 1200. The Morgan fingerprint density at radius 2 is 1.77 bits per heavy atom. The van der Waals surface area contributed by atoms with Crippen LogP contribution in [0.5, 0.6) is 5.75 Å². The number of rotatable bonds is 9. The van der Waals surface area contributed by atoms with Crippen molar-refractivity contribution in [2.24, 2.45) is 0 Å². The van der Waals surface area contributed by atoms with Gasteiger partial charge < -0.3 is 9.64 Å². The Morgan fingerprint density at radius 3 is 2.51 bits per heavy atom. The van der Waals surface area contributed by atoms with Crippen molar-refractivity contribution in [1.29, 1.82) is 0 Å². The summed E-state index contributed by atoms with van der Waals surface area (Å²) in [5.74, 6) is 1.07. The van der Waals surface area contributed by atoms with Crippen molar-refractivity contribution >= 4 is 38.7 Å². The van der Waals surface area contributed by atoms with Gasteiger partial charge >= 0.3 is 0 Å². The van der Waals surface area contributed by atoms with E-state index in [1.165, 1.54) is 31.9 Å². The topological polar surface area (TPSA) is 36.0 Å². The molecule has 0 atom stereocenters. The molecule has 0 bridgehead atoms. The third-order valence-electron chi connectivity index (χ3n) is 6.35. The Balaban J connectivity index is 1.02. The van der Waals surface area contributed by atoms with Crippen molar-refractivity contribution in [3.8, 4) is 5.75 Å². The van der Waals surface area contributed by atoms with Gasteiger partial charge in [0, 0.05) is 55.4 Å². The maximum absolute atomic E-state index is 12.5. The maximum atomic E-state index is 12.5. The van der Waals surface area contributed by atoms with E-state index in [4.69, 9.17) is 4.74 Å². The number of carbonyl (C=O) groups is 1. The third-order valence-corrected chi connectivity index (χ3v) is 8.30. The molecule has 0 N–H and O–H groups in total. The third kappa shape index (κ3) is 6.30. The summed E-state index contributed by atoms with van der Waals surface area (Å²) in [7, 11) is 2.17. The van der Waals surface area contributed by atoms with Gasteiger partial charge in [-0.05, 0) is 53.7 Å². The number of thiophene rings is 2. The lowest BCUT2D eigenvalue weighted by atomic mass is 10.2. The molecule has 0 unspecified atom stereocenters. The molecule has 0 saturated carbocycles. The predicted octanol–water partition coefficient (Wildman–Crippen LogP) is 5.43. The summed E-state index contributed by atoms with van der Waals surface area (Å²) >= 11 is 3.39. The van der Waals surface area contributed by atoms with Gasteiger partial charge in [0.15, 0.2) is 0 Å². The predicted molar refractivity (Wildman–Crippen MR) is 146 cm³/mol. The standard InChI is InChI=1S/C28H31N3O2S2/c1-29(21-25-19-23-5-2-3-6-26(23)35-25)20-22-8-10-24(11-9-22)33-17-16-30-12-14-31(15-13-30)28(32)27-7-4-18-34-27/h2-11,18-19H,12-17,20-21H2,1H3. The molecule has 0 spiro atoms. The number of hydrogen-bond donors (Lipinski definition) is 0. The molecule has 1 aliphatic rings. The van der Waals surface area contributed by atoms with E-state index < -0.39 is 0 Å². The first-order valence-corrected chi connectivity index (χ1v) is 13.8. The minimum Gasteiger partial charge on any atom is -0.492 e. The minimum atomic E-state index is 0.158. The van der Waals surface area contributed by atoms with Crippen LogP contribution in [0.25, 0.3) is 10.1 Å².